The van der Waals surface area contributed by atoms with Crippen molar-refractivity contribution in [2.24, 2.45) is 0 Å². The standard InChI is InChI=1S/C25H19F3N2O3S/c1-32-23-10-16(5-9-22(23)33-13-17-4-8-19(27)11-20(17)28)25-30-21(14-34-25)24(31)29-12-15-2-6-18(26)7-3-15/h2-11,14H,12-13H2,1H3,(H,29,31). The van der Waals surface area contributed by atoms with Crippen LogP contribution in [0.3, 0.4) is 0 Å². The predicted octanol–water partition coefficient (Wildman–Crippen LogP) is 5.75. The third kappa shape index (κ3) is 5.55. The van der Waals surface area contributed by atoms with Crippen LogP contribution < -0.4 is 14.8 Å². The molecule has 0 aliphatic carbocycles. The SMILES string of the molecule is COc1cc(-c2nc(C(=O)NCc3ccc(F)cc3)cs2)ccc1OCc1ccc(F)cc1F. The molecule has 0 bridgehead atoms. The lowest BCUT2D eigenvalue weighted by Crippen LogP contribution is -2.23. The second kappa shape index (κ2) is 10.4. The Bertz CT molecular complexity index is 1310. The lowest BCUT2D eigenvalue weighted by molar-refractivity contribution is 0.0946. The average Bonchev–Trinajstić information content (AvgIpc) is 3.33. The predicted molar refractivity (Wildman–Crippen MR) is 122 cm³/mol. The van der Waals surface area contributed by atoms with E-state index in [9.17, 15) is 18.0 Å². The number of hydrogen-bond acceptors (Lipinski definition) is 5. The number of rotatable bonds is 8. The van der Waals surface area contributed by atoms with Gasteiger partial charge in [-0.3, -0.25) is 4.79 Å². The zero-order valence-corrected chi connectivity index (χ0v) is 18.8. The monoisotopic (exact) mass is 484 g/mol. The van der Waals surface area contributed by atoms with Gasteiger partial charge in [0, 0.05) is 29.1 Å². The van der Waals surface area contributed by atoms with Gasteiger partial charge in [0.15, 0.2) is 11.5 Å². The number of hydrogen-bond donors (Lipinski definition) is 1. The lowest BCUT2D eigenvalue weighted by Gasteiger charge is -2.12. The van der Waals surface area contributed by atoms with Gasteiger partial charge >= 0.3 is 0 Å². The normalized spacial score (nSPS) is 10.7. The maximum absolute atomic E-state index is 13.9. The Balaban J connectivity index is 1.43. The largest absolute Gasteiger partial charge is 0.493 e. The molecule has 174 valence electrons. The van der Waals surface area contributed by atoms with Crippen molar-refractivity contribution in [1.29, 1.82) is 0 Å². The van der Waals surface area contributed by atoms with Crippen LogP contribution in [0.5, 0.6) is 11.5 Å². The third-order valence-electron chi connectivity index (χ3n) is 4.91. The van der Waals surface area contributed by atoms with E-state index < -0.39 is 11.6 Å². The summed E-state index contributed by atoms with van der Waals surface area (Å²) in [5.41, 5.74) is 1.95. The minimum atomic E-state index is -0.691. The topological polar surface area (TPSA) is 60.5 Å². The molecule has 9 heteroatoms. The highest BCUT2D eigenvalue weighted by Gasteiger charge is 2.15. The molecule has 0 aliphatic heterocycles. The van der Waals surface area contributed by atoms with Crippen molar-refractivity contribution in [3.05, 3.63) is 100 Å². The molecule has 4 aromatic rings. The number of aromatic nitrogens is 1. The van der Waals surface area contributed by atoms with Crippen LogP contribution in [0.2, 0.25) is 0 Å². The van der Waals surface area contributed by atoms with Crippen molar-refractivity contribution < 1.29 is 27.4 Å². The fourth-order valence-electron chi connectivity index (χ4n) is 3.10. The summed E-state index contributed by atoms with van der Waals surface area (Å²) in [6, 6.07) is 14.3. The first kappa shape index (κ1) is 23.3. The van der Waals surface area contributed by atoms with E-state index in [0.29, 0.717) is 22.1 Å². The molecule has 0 saturated heterocycles. The zero-order chi connectivity index (χ0) is 24.1. The van der Waals surface area contributed by atoms with Crippen LogP contribution in [-0.4, -0.2) is 18.0 Å². The minimum absolute atomic E-state index is 0.0998. The molecule has 4 rings (SSSR count). The molecule has 0 unspecified atom stereocenters. The van der Waals surface area contributed by atoms with Gasteiger partial charge in [0.05, 0.1) is 7.11 Å². The van der Waals surface area contributed by atoms with Gasteiger partial charge in [-0.05, 0) is 48.0 Å². The van der Waals surface area contributed by atoms with Gasteiger partial charge in [0.1, 0.15) is 34.8 Å². The lowest BCUT2D eigenvalue weighted by atomic mass is 10.2. The quantitative estimate of drug-likeness (QED) is 0.346. The Kier molecular flexibility index (Phi) is 7.12. The number of nitrogens with one attached hydrogen (secondary N) is 1. The third-order valence-corrected chi connectivity index (χ3v) is 5.80. The van der Waals surface area contributed by atoms with E-state index in [1.165, 1.54) is 36.6 Å². The Morgan fingerprint density at radius 2 is 1.74 bits per heavy atom. The molecule has 3 aromatic carbocycles. The second-order valence-corrected chi connectivity index (χ2v) is 8.10. The summed E-state index contributed by atoms with van der Waals surface area (Å²) < 4.78 is 51.0. The smallest absolute Gasteiger partial charge is 0.271 e. The first-order valence-electron chi connectivity index (χ1n) is 10.2. The van der Waals surface area contributed by atoms with Crippen LogP contribution in [0.4, 0.5) is 13.2 Å². The van der Waals surface area contributed by atoms with Crippen LogP contribution in [0, 0.1) is 17.5 Å². The number of ether oxygens (including phenoxy) is 2. The Labute approximate surface area is 197 Å². The van der Waals surface area contributed by atoms with E-state index in [0.717, 1.165) is 17.7 Å². The molecule has 1 N–H and O–H groups in total. The summed E-state index contributed by atoms with van der Waals surface area (Å²) in [6.07, 6.45) is 0. The minimum Gasteiger partial charge on any atom is -0.493 e. The maximum atomic E-state index is 13.9. The molecule has 5 nitrogen and oxygen atoms in total. The summed E-state index contributed by atoms with van der Waals surface area (Å²) in [6.45, 7) is 0.151. The van der Waals surface area contributed by atoms with E-state index in [1.807, 2.05) is 0 Å². The molecule has 0 aliphatic rings. The fraction of sp³-hybridized carbons (Fsp3) is 0.120. The van der Waals surface area contributed by atoms with Crippen LogP contribution in [0.15, 0.2) is 66.0 Å². The number of nitrogens with zero attached hydrogens (tertiary/aromatic N) is 1. The molecule has 0 fully saturated rings. The first-order chi connectivity index (χ1) is 16.4. The van der Waals surface area contributed by atoms with Gasteiger partial charge in [-0.25, -0.2) is 18.2 Å². The van der Waals surface area contributed by atoms with Crippen molar-refractivity contribution in [1.82, 2.24) is 10.3 Å². The van der Waals surface area contributed by atoms with E-state index in [-0.39, 0.29) is 36.1 Å². The van der Waals surface area contributed by atoms with Crippen molar-refractivity contribution in [3.63, 3.8) is 0 Å². The van der Waals surface area contributed by atoms with Gasteiger partial charge in [0.25, 0.3) is 5.91 Å². The summed E-state index contributed by atoms with van der Waals surface area (Å²) in [5, 5.41) is 5.00. The number of halogens is 3. The van der Waals surface area contributed by atoms with Gasteiger partial charge in [0.2, 0.25) is 0 Å². The summed E-state index contributed by atoms with van der Waals surface area (Å²) >= 11 is 1.29. The molecule has 1 heterocycles. The van der Waals surface area contributed by atoms with E-state index >= 15 is 0 Å². The highest BCUT2D eigenvalue weighted by atomic mass is 32.1. The average molecular weight is 484 g/mol. The van der Waals surface area contributed by atoms with Gasteiger partial charge < -0.3 is 14.8 Å². The van der Waals surface area contributed by atoms with Crippen LogP contribution in [0.25, 0.3) is 10.6 Å². The van der Waals surface area contributed by atoms with Crippen LogP contribution in [-0.2, 0) is 13.2 Å². The number of amides is 1. The van der Waals surface area contributed by atoms with Crippen LogP contribution in [0.1, 0.15) is 21.6 Å². The van der Waals surface area contributed by atoms with E-state index in [4.69, 9.17) is 9.47 Å². The number of methoxy groups -OCH3 is 1. The van der Waals surface area contributed by atoms with Crippen molar-refractivity contribution in [3.8, 4) is 22.1 Å². The molecular formula is C25H19F3N2O3S. The Morgan fingerprint density at radius 3 is 2.47 bits per heavy atom. The number of benzene rings is 3. The Hall–Kier alpha value is -3.85. The molecule has 0 atom stereocenters. The second-order valence-electron chi connectivity index (χ2n) is 7.24. The van der Waals surface area contributed by atoms with Gasteiger partial charge in [-0.1, -0.05) is 12.1 Å². The van der Waals surface area contributed by atoms with Gasteiger partial charge in [-0.15, -0.1) is 11.3 Å². The van der Waals surface area contributed by atoms with E-state index in [2.05, 4.69) is 10.3 Å². The molecule has 1 amide bonds. The molecule has 34 heavy (non-hydrogen) atoms. The van der Waals surface area contributed by atoms with Crippen molar-refractivity contribution >= 4 is 17.2 Å². The van der Waals surface area contributed by atoms with Crippen LogP contribution >= 0.6 is 11.3 Å². The fourth-order valence-corrected chi connectivity index (χ4v) is 3.90. The first-order valence-corrected chi connectivity index (χ1v) is 11.0. The van der Waals surface area contributed by atoms with Gasteiger partial charge in [-0.2, -0.15) is 0 Å². The zero-order valence-electron chi connectivity index (χ0n) is 18.0. The van der Waals surface area contributed by atoms with Crippen molar-refractivity contribution in [2.45, 2.75) is 13.2 Å². The molecular weight excluding hydrogens is 465 g/mol. The highest BCUT2D eigenvalue weighted by molar-refractivity contribution is 7.13. The number of carbonyl (C=O) groups excluding carboxylic acids is 1. The molecule has 0 radical (unpaired) electrons. The molecule has 0 saturated carbocycles. The van der Waals surface area contributed by atoms with E-state index in [1.54, 1.807) is 35.7 Å². The summed E-state index contributed by atoms with van der Waals surface area (Å²) in [5.74, 6) is -1.26. The summed E-state index contributed by atoms with van der Waals surface area (Å²) in [4.78, 5) is 16.8. The Morgan fingerprint density at radius 1 is 0.971 bits per heavy atom. The van der Waals surface area contributed by atoms with Crippen molar-refractivity contribution in [2.75, 3.05) is 7.11 Å². The summed E-state index contributed by atoms with van der Waals surface area (Å²) in [7, 11) is 1.47. The number of carbonyl (C=O) groups is 1. The molecule has 0 spiro atoms. The maximum Gasteiger partial charge on any atom is 0.271 e. The highest BCUT2D eigenvalue weighted by Crippen LogP contribution is 2.34. The number of thiazole rings is 1. The molecule has 1 aromatic heterocycles.